The van der Waals surface area contributed by atoms with E-state index in [-0.39, 0.29) is 5.91 Å². The van der Waals surface area contributed by atoms with E-state index in [2.05, 4.69) is 23.8 Å². The molecule has 4 aromatic rings. The first-order valence-electron chi connectivity index (χ1n) is 18.2. The van der Waals surface area contributed by atoms with E-state index in [0.29, 0.717) is 29.4 Å². The summed E-state index contributed by atoms with van der Waals surface area (Å²) in [7, 11) is 0. The number of aromatic nitrogens is 1. The first-order valence-corrected chi connectivity index (χ1v) is 18.2. The molecule has 1 aromatic heterocycles. The number of carbonyl (C=O) groups is 1. The number of benzene rings is 3. The van der Waals surface area contributed by atoms with Gasteiger partial charge in [0.2, 0.25) is 5.88 Å². The normalized spacial score (nSPS) is 11.1. The molecule has 256 valence electrons. The molecule has 0 unspecified atom stereocenters. The van der Waals surface area contributed by atoms with Gasteiger partial charge < -0.3 is 14.9 Å². The third-order valence-corrected chi connectivity index (χ3v) is 8.50. The van der Waals surface area contributed by atoms with Gasteiger partial charge >= 0.3 is 0 Å². The SMILES string of the molecule is CCCCCCCCCCCCCCCC/C=C\ONc1cccc(C(=O)Nc2cc(OCc3ccccc3)n(-c3ccccc3)c2)c1. The zero-order valence-corrected chi connectivity index (χ0v) is 28.9. The van der Waals surface area contributed by atoms with Gasteiger partial charge in [-0.15, -0.1) is 0 Å². The van der Waals surface area contributed by atoms with Crippen LogP contribution in [0.25, 0.3) is 5.69 Å². The number of unbranched alkanes of at least 4 members (excludes halogenated alkanes) is 14. The lowest BCUT2D eigenvalue weighted by atomic mass is 10.0. The van der Waals surface area contributed by atoms with E-state index in [1.54, 1.807) is 18.4 Å². The average Bonchev–Trinajstić information content (AvgIpc) is 3.53. The maximum absolute atomic E-state index is 13.2. The van der Waals surface area contributed by atoms with Gasteiger partial charge in [-0.25, -0.2) is 5.48 Å². The summed E-state index contributed by atoms with van der Waals surface area (Å²) < 4.78 is 8.11. The second kappa shape index (κ2) is 22.2. The molecule has 0 spiro atoms. The van der Waals surface area contributed by atoms with E-state index >= 15 is 0 Å². The predicted molar refractivity (Wildman–Crippen MR) is 200 cm³/mol. The molecule has 48 heavy (non-hydrogen) atoms. The van der Waals surface area contributed by atoms with Gasteiger partial charge in [0.05, 0.1) is 11.4 Å². The van der Waals surface area contributed by atoms with Crippen LogP contribution in [0.1, 0.15) is 119 Å². The van der Waals surface area contributed by atoms with Gasteiger partial charge in [0.1, 0.15) is 12.9 Å². The Morgan fingerprint density at radius 2 is 1.31 bits per heavy atom. The minimum absolute atomic E-state index is 0.216. The summed E-state index contributed by atoms with van der Waals surface area (Å²) in [6.07, 6.45) is 25.8. The number of hydrogen-bond acceptors (Lipinski definition) is 4. The van der Waals surface area contributed by atoms with Gasteiger partial charge in [-0.1, -0.05) is 145 Å². The third kappa shape index (κ3) is 13.7. The van der Waals surface area contributed by atoms with Crippen LogP contribution in [0.5, 0.6) is 5.88 Å². The smallest absolute Gasteiger partial charge is 0.255 e. The zero-order chi connectivity index (χ0) is 33.5. The first kappa shape index (κ1) is 36.4. The fourth-order valence-corrected chi connectivity index (χ4v) is 5.75. The first-order chi connectivity index (χ1) is 23.7. The number of rotatable bonds is 24. The van der Waals surface area contributed by atoms with Crippen molar-refractivity contribution in [1.82, 2.24) is 4.57 Å². The summed E-state index contributed by atoms with van der Waals surface area (Å²) in [6.45, 7) is 2.70. The Hall–Kier alpha value is -4.45. The molecular formula is C42H55N3O3. The van der Waals surface area contributed by atoms with Crippen molar-refractivity contribution in [3.05, 3.63) is 121 Å². The average molecular weight is 650 g/mol. The number of allylic oxidation sites excluding steroid dienone is 1. The number of ether oxygens (including phenoxy) is 1. The van der Waals surface area contributed by atoms with Gasteiger partial charge in [0.25, 0.3) is 5.91 Å². The van der Waals surface area contributed by atoms with Crippen LogP contribution in [0.4, 0.5) is 11.4 Å². The minimum atomic E-state index is -0.216. The molecule has 0 fully saturated rings. The second-order valence-corrected chi connectivity index (χ2v) is 12.6. The number of hydrogen-bond donors (Lipinski definition) is 2. The molecule has 0 aliphatic heterocycles. The lowest BCUT2D eigenvalue weighted by molar-refractivity contribution is 0.102. The maximum Gasteiger partial charge on any atom is 0.255 e. The van der Waals surface area contributed by atoms with Crippen molar-refractivity contribution < 1.29 is 14.4 Å². The standard InChI is InChI=1S/C42H55N3O3/c1-2-3-4-5-6-7-8-9-10-11-12-13-14-15-16-23-31-48-44-38-28-24-27-37(32-38)42(46)43-39-33-41(47-35-36-25-19-17-20-26-36)45(34-39)40-29-21-18-22-30-40/h17-34,44H,2-16,35H2,1H3,(H,43,46)/b31-23-. The Kier molecular flexibility index (Phi) is 16.8. The van der Waals surface area contributed by atoms with Crippen molar-refractivity contribution in [3.63, 3.8) is 0 Å². The van der Waals surface area contributed by atoms with Crippen LogP contribution in [-0.2, 0) is 11.4 Å². The molecule has 0 atom stereocenters. The van der Waals surface area contributed by atoms with E-state index in [0.717, 1.165) is 17.7 Å². The highest BCUT2D eigenvalue weighted by Gasteiger charge is 2.13. The second-order valence-electron chi connectivity index (χ2n) is 12.6. The van der Waals surface area contributed by atoms with Crippen LogP contribution in [0.3, 0.4) is 0 Å². The van der Waals surface area contributed by atoms with Crippen molar-refractivity contribution in [1.29, 1.82) is 0 Å². The van der Waals surface area contributed by atoms with E-state index < -0.39 is 0 Å². The summed E-state index contributed by atoms with van der Waals surface area (Å²) in [6, 6.07) is 29.1. The Balaban J connectivity index is 1.13. The molecule has 3 aromatic carbocycles. The summed E-state index contributed by atoms with van der Waals surface area (Å²) in [5, 5.41) is 3.02. The number of para-hydroxylation sites is 1. The summed E-state index contributed by atoms with van der Waals surface area (Å²) in [5.41, 5.74) is 6.82. The third-order valence-electron chi connectivity index (χ3n) is 8.50. The Morgan fingerprint density at radius 3 is 1.98 bits per heavy atom. The van der Waals surface area contributed by atoms with Gasteiger partial charge in [-0.3, -0.25) is 9.36 Å². The van der Waals surface area contributed by atoms with Crippen molar-refractivity contribution in [2.75, 3.05) is 10.8 Å². The van der Waals surface area contributed by atoms with Crippen molar-refractivity contribution in [2.24, 2.45) is 0 Å². The largest absolute Gasteiger partial charge is 0.474 e. The Bertz CT molecular complexity index is 1470. The lowest BCUT2D eigenvalue weighted by Gasteiger charge is -2.10. The molecule has 0 aliphatic carbocycles. The van der Waals surface area contributed by atoms with Gasteiger partial charge in [0, 0.05) is 23.5 Å². The van der Waals surface area contributed by atoms with Crippen LogP contribution in [0.15, 0.2) is 110 Å². The van der Waals surface area contributed by atoms with E-state index in [1.807, 2.05) is 89.6 Å². The highest BCUT2D eigenvalue weighted by molar-refractivity contribution is 6.04. The number of nitrogens with one attached hydrogen (secondary N) is 2. The van der Waals surface area contributed by atoms with Crippen molar-refractivity contribution >= 4 is 17.3 Å². The molecule has 0 saturated heterocycles. The number of carbonyl (C=O) groups excluding carboxylic acids is 1. The van der Waals surface area contributed by atoms with Crippen molar-refractivity contribution in [3.8, 4) is 11.6 Å². The monoisotopic (exact) mass is 649 g/mol. The van der Waals surface area contributed by atoms with Crippen LogP contribution < -0.4 is 15.5 Å². The highest BCUT2D eigenvalue weighted by Crippen LogP contribution is 2.27. The summed E-state index contributed by atoms with van der Waals surface area (Å²) in [5.74, 6) is 0.428. The Morgan fingerprint density at radius 1 is 0.688 bits per heavy atom. The minimum Gasteiger partial charge on any atom is -0.474 e. The quantitative estimate of drug-likeness (QED) is 0.0450. The molecule has 6 nitrogen and oxygen atoms in total. The summed E-state index contributed by atoms with van der Waals surface area (Å²) in [4.78, 5) is 18.7. The number of nitrogens with zero attached hydrogens (tertiary/aromatic N) is 1. The fraction of sp³-hybridized carbons (Fsp3) is 0.405. The topological polar surface area (TPSA) is 64.5 Å². The molecule has 0 bridgehead atoms. The van der Waals surface area contributed by atoms with Crippen LogP contribution in [0, 0.1) is 0 Å². The van der Waals surface area contributed by atoms with E-state index in [1.165, 1.54) is 89.9 Å². The lowest BCUT2D eigenvalue weighted by Crippen LogP contribution is -2.11. The number of anilines is 2. The van der Waals surface area contributed by atoms with Crippen LogP contribution >= 0.6 is 0 Å². The molecule has 1 amide bonds. The molecule has 0 radical (unpaired) electrons. The van der Waals surface area contributed by atoms with Crippen LogP contribution in [0.2, 0.25) is 0 Å². The molecule has 0 aliphatic rings. The van der Waals surface area contributed by atoms with Gasteiger partial charge in [0.15, 0.2) is 0 Å². The molecule has 0 saturated carbocycles. The summed E-state index contributed by atoms with van der Waals surface area (Å²) >= 11 is 0. The Labute approximate surface area is 288 Å². The maximum atomic E-state index is 13.2. The molecular weight excluding hydrogens is 594 g/mol. The van der Waals surface area contributed by atoms with Crippen molar-refractivity contribution in [2.45, 2.75) is 110 Å². The van der Waals surface area contributed by atoms with E-state index in [4.69, 9.17) is 9.57 Å². The molecule has 6 heteroatoms. The highest BCUT2D eigenvalue weighted by atomic mass is 16.6. The van der Waals surface area contributed by atoms with Gasteiger partial charge in [-0.05, 0) is 54.8 Å². The molecule has 1 heterocycles. The fourth-order valence-electron chi connectivity index (χ4n) is 5.75. The molecule has 2 N–H and O–H groups in total. The molecule has 4 rings (SSSR count). The zero-order valence-electron chi connectivity index (χ0n) is 28.9. The van der Waals surface area contributed by atoms with Crippen LogP contribution in [-0.4, -0.2) is 10.5 Å². The van der Waals surface area contributed by atoms with Gasteiger partial charge in [-0.2, -0.15) is 0 Å². The predicted octanol–water partition coefficient (Wildman–Crippen LogP) is 12.0. The number of amides is 1. The van der Waals surface area contributed by atoms with E-state index in [9.17, 15) is 4.79 Å².